The van der Waals surface area contributed by atoms with Gasteiger partial charge in [-0.2, -0.15) is 0 Å². The maximum atomic E-state index is 12.7. The van der Waals surface area contributed by atoms with E-state index in [1.165, 1.54) is 0 Å². The minimum absolute atomic E-state index is 0.193. The summed E-state index contributed by atoms with van der Waals surface area (Å²) >= 11 is 6.33. The van der Waals surface area contributed by atoms with Crippen molar-refractivity contribution >= 4 is 43.6 Å². The Morgan fingerprint density at radius 1 is 1.22 bits per heavy atom. The van der Waals surface area contributed by atoms with Crippen LogP contribution in [0.2, 0.25) is 0 Å². The summed E-state index contributed by atoms with van der Waals surface area (Å²) in [4.78, 5) is 24.8. The van der Waals surface area contributed by atoms with Gasteiger partial charge in [0.2, 0.25) is 0 Å². The molecule has 0 aliphatic rings. The van der Waals surface area contributed by atoms with Crippen LogP contribution < -0.4 is 5.32 Å². The van der Waals surface area contributed by atoms with Gasteiger partial charge >= 0.3 is 0 Å². The molecule has 0 bridgehead atoms. The molecule has 0 aliphatic carbocycles. The smallest absolute Gasteiger partial charge is 0.257 e. The molecule has 1 aromatic carbocycles. The fourth-order valence-electron chi connectivity index (χ4n) is 2.11. The molecule has 0 unspecified atom stereocenters. The zero-order valence-corrected chi connectivity index (χ0v) is 16.1. The lowest BCUT2D eigenvalue weighted by molar-refractivity contribution is -0.121. The first-order valence-corrected chi connectivity index (χ1v) is 8.74. The molecule has 5 nitrogen and oxygen atoms in total. The first-order valence-electron chi connectivity index (χ1n) is 6.90. The molecule has 1 amide bonds. The number of hydrogen-bond donors (Lipinski definition) is 1. The summed E-state index contributed by atoms with van der Waals surface area (Å²) in [7, 11) is 0. The van der Waals surface area contributed by atoms with E-state index < -0.39 is 15.2 Å². The molecule has 1 aromatic heterocycles. The molecule has 2 aromatic rings. The van der Waals surface area contributed by atoms with Crippen molar-refractivity contribution in [1.29, 1.82) is 0 Å². The molecule has 0 fully saturated rings. The minimum atomic E-state index is -1.05. The summed E-state index contributed by atoms with van der Waals surface area (Å²) in [6, 6.07) is 9.28. The third kappa shape index (κ3) is 3.90. The van der Waals surface area contributed by atoms with E-state index in [0.717, 1.165) is 5.56 Å². The number of aromatic nitrogens is 1. The molecule has 23 heavy (non-hydrogen) atoms. The van der Waals surface area contributed by atoms with Crippen LogP contribution in [0.3, 0.4) is 0 Å². The van der Waals surface area contributed by atoms with Gasteiger partial charge < -0.3 is 9.84 Å². The van der Waals surface area contributed by atoms with Gasteiger partial charge in [-0.15, -0.1) is 0 Å². The van der Waals surface area contributed by atoms with Crippen LogP contribution in [0.4, 0.5) is 0 Å². The van der Waals surface area contributed by atoms with Gasteiger partial charge in [0.1, 0.15) is 20.8 Å². The maximum absolute atomic E-state index is 12.7. The molecule has 1 heterocycles. The summed E-state index contributed by atoms with van der Waals surface area (Å²) in [6.07, 6.45) is 0. The Kier molecular flexibility index (Phi) is 5.41. The number of benzene rings is 1. The van der Waals surface area contributed by atoms with Crippen molar-refractivity contribution in [1.82, 2.24) is 10.5 Å². The number of nitrogens with one attached hydrogen (secondary N) is 1. The van der Waals surface area contributed by atoms with E-state index in [1.807, 2.05) is 30.3 Å². The van der Waals surface area contributed by atoms with Crippen LogP contribution in [0.25, 0.3) is 11.3 Å². The van der Waals surface area contributed by atoms with Crippen LogP contribution in [-0.4, -0.2) is 26.1 Å². The summed E-state index contributed by atoms with van der Waals surface area (Å²) < 4.78 is 4.64. The van der Waals surface area contributed by atoms with Gasteiger partial charge in [-0.1, -0.05) is 67.3 Å². The highest BCUT2D eigenvalue weighted by Gasteiger charge is 2.34. The van der Waals surface area contributed by atoms with E-state index in [4.69, 9.17) is 4.52 Å². The number of amides is 1. The van der Waals surface area contributed by atoms with Gasteiger partial charge in [-0.3, -0.25) is 9.59 Å². The fraction of sp³-hybridized carbons (Fsp3) is 0.312. The SMILES string of the molecule is Cc1onc(-c2ccccc2)c1C(=O)NC(C)(C)C(=O)C(Br)Br. The third-order valence-electron chi connectivity index (χ3n) is 3.38. The lowest BCUT2D eigenvalue weighted by Crippen LogP contribution is -2.51. The fourth-order valence-corrected chi connectivity index (χ4v) is 3.26. The van der Waals surface area contributed by atoms with Crippen LogP contribution in [0.15, 0.2) is 34.9 Å². The van der Waals surface area contributed by atoms with Crippen LogP contribution in [-0.2, 0) is 4.79 Å². The summed E-state index contributed by atoms with van der Waals surface area (Å²) in [6.45, 7) is 4.96. The van der Waals surface area contributed by atoms with Crippen molar-refractivity contribution in [3.05, 3.63) is 41.7 Å². The topological polar surface area (TPSA) is 72.2 Å². The predicted octanol–water partition coefficient (Wildman–Crippen LogP) is 3.84. The number of ketones is 1. The highest BCUT2D eigenvalue weighted by Crippen LogP contribution is 2.26. The van der Waals surface area contributed by atoms with Crippen LogP contribution >= 0.6 is 31.9 Å². The molecule has 7 heteroatoms. The number of alkyl halides is 2. The molecule has 1 N–H and O–H groups in total. The predicted molar refractivity (Wildman–Crippen MR) is 94.9 cm³/mol. The van der Waals surface area contributed by atoms with Gasteiger partial charge in [-0.25, -0.2) is 0 Å². The number of carbonyl (C=O) groups is 2. The Morgan fingerprint density at radius 2 is 1.83 bits per heavy atom. The average Bonchev–Trinajstić information content (AvgIpc) is 2.88. The van der Waals surface area contributed by atoms with E-state index in [9.17, 15) is 9.59 Å². The second-order valence-electron chi connectivity index (χ2n) is 5.57. The van der Waals surface area contributed by atoms with Gasteiger partial charge in [0, 0.05) is 5.56 Å². The van der Waals surface area contributed by atoms with E-state index in [2.05, 4.69) is 42.3 Å². The first kappa shape index (κ1) is 17.9. The van der Waals surface area contributed by atoms with Gasteiger partial charge in [0.05, 0.1) is 5.54 Å². The second kappa shape index (κ2) is 6.97. The van der Waals surface area contributed by atoms with Gasteiger partial charge in [0.15, 0.2) is 5.78 Å². The monoisotopic (exact) mass is 442 g/mol. The van der Waals surface area contributed by atoms with Gasteiger partial charge in [0.25, 0.3) is 5.91 Å². The highest BCUT2D eigenvalue weighted by molar-refractivity contribution is 9.25. The molecule has 122 valence electrons. The number of Topliss-reactive ketones (excluding diaryl/α,β-unsaturated/α-hetero) is 1. The second-order valence-corrected chi connectivity index (χ2v) is 8.63. The molecule has 2 rings (SSSR count). The van der Waals surface area contributed by atoms with E-state index >= 15 is 0 Å². The Morgan fingerprint density at radius 3 is 2.39 bits per heavy atom. The highest BCUT2D eigenvalue weighted by atomic mass is 79.9. The molecule has 0 aliphatic heterocycles. The summed E-state index contributed by atoms with van der Waals surface area (Å²) in [5.74, 6) is -0.193. The van der Waals surface area contributed by atoms with E-state index in [0.29, 0.717) is 17.0 Å². The number of aryl methyl sites for hydroxylation is 1. The number of rotatable bonds is 5. The summed E-state index contributed by atoms with van der Waals surface area (Å²) in [5, 5.41) is 6.72. The largest absolute Gasteiger partial charge is 0.360 e. The number of nitrogens with zero attached hydrogens (tertiary/aromatic N) is 1. The van der Waals surface area contributed by atoms with Crippen LogP contribution in [0.1, 0.15) is 30.0 Å². The molecule has 0 saturated carbocycles. The van der Waals surface area contributed by atoms with Crippen molar-refractivity contribution in [2.75, 3.05) is 0 Å². The lowest BCUT2D eigenvalue weighted by atomic mass is 9.98. The van der Waals surface area contributed by atoms with Crippen LogP contribution in [0, 0.1) is 6.92 Å². The van der Waals surface area contributed by atoms with Crippen molar-refractivity contribution < 1.29 is 14.1 Å². The Labute approximate surface area is 151 Å². The molecular formula is C16H16Br2N2O3. The van der Waals surface area contributed by atoms with E-state index in [1.54, 1.807) is 20.8 Å². The lowest BCUT2D eigenvalue weighted by Gasteiger charge is -2.25. The normalized spacial score (nSPS) is 11.6. The number of carbonyl (C=O) groups excluding carboxylic acids is 2. The van der Waals surface area contributed by atoms with Crippen molar-refractivity contribution in [2.24, 2.45) is 0 Å². The average molecular weight is 444 g/mol. The Hall–Kier alpha value is -1.47. The minimum Gasteiger partial charge on any atom is -0.360 e. The van der Waals surface area contributed by atoms with Crippen LogP contribution in [0.5, 0.6) is 0 Å². The summed E-state index contributed by atoms with van der Waals surface area (Å²) in [5.41, 5.74) is 0.514. The van der Waals surface area contributed by atoms with Gasteiger partial charge in [-0.05, 0) is 20.8 Å². The molecule has 0 radical (unpaired) electrons. The van der Waals surface area contributed by atoms with Crippen molar-refractivity contribution in [3.8, 4) is 11.3 Å². The standard InChI is InChI=1S/C16H16Br2N2O3/c1-9-11(12(20-23-9)10-7-5-4-6-8-10)15(22)19-16(2,3)13(21)14(17)18/h4-8,14H,1-3H3,(H,19,22). The zero-order valence-electron chi connectivity index (χ0n) is 12.9. The van der Waals surface area contributed by atoms with Crippen molar-refractivity contribution in [2.45, 2.75) is 30.0 Å². The molecule has 0 saturated heterocycles. The quantitative estimate of drug-likeness (QED) is 0.712. The maximum Gasteiger partial charge on any atom is 0.257 e. The zero-order chi connectivity index (χ0) is 17.2. The number of halogens is 2. The van der Waals surface area contributed by atoms with Crippen molar-refractivity contribution in [3.63, 3.8) is 0 Å². The third-order valence-corrected chi connectivity index (χ3v) is 4.21. The molecule has 0 atom stereocenters. The van der Waals surface area contributed by atoms with E-state index in [-0.39, 0.29) is 5.78 Å². The molecular weight excluding hydrogens is 428 g/mol. The Bertz CT molecular complexity index is 724. The Balaban J connectivity index is 2.34. The number of hydrogen-bond acceptors (Lipinski definition) is 4. The molecule has 0 spiro atoms. The first-order chi connectivity index (χ1) is 10.7.